The molecular weight excluding hydrogens is 325 g/mol. The molecule has 0 atom stereocenters. The van der Waals surface area contributed by atoms with E-state index in [9.17, 15) is 21.6 Å². The lowest BCUT2D eigenvalue weighted by Gasteiger charge is -2.41. The van der Waals surface area contributed by atoms with Crippen LogP contribution in [0.3, 0.4) is 0 Å². The normalized spacial score (nSPS) is 21.5. The molecule has 0 saturated carbocycles. The molecule has 120 valence electrons. The van der Waals surface area contributed by atoms with Crippen LogP contribution in [0.5, 0.6) is 0 Å². The van der Waals surface area contributed by atoms with Crippen molar-refractivity contribution in [1.82, 2.24) is 4.98 Å². The van der Waals surface area contributed by atoms with Gasteiger partial charge in [-0.25, -0.2) is 13.4 Å². The first kappa shape index (κ1) is 16.5. The molecule has 2 rings (SSSR count). The van der Waals surface area contributed by atoms with Gasteiger partial charge in [0.05, 0.1) is 10.5 Å². The SMILES string of the molecule is CCC1(CC)CN(c2nc(C(F)(F)F)cs2)CCS1(=O)=O. The number of aromatic nitrogens is 1. The lowest BCUT2D eigenvalue weighted by Crippen LogP contribution is -2.55. The first-order chi connectivity index (χ1) is 9.65. The maximum atomic E-state index is 12.6. The Bertz CT molecular complexity index is 606. The molecule has 1 aliphatic rings. The second kappa shape index (κ2) is 5.42. The average Bonchev–Trinajstić information content (AvgIpc) is 2.88. The van der Waals surface area contributed by atoms with Gasteiger partial charge in [0.1, 0.15) is 0 Å². The number of halogens is 3. The minimum Gasteiger partial charge on any atom is -0.345 e. The maximum absolute atomic E-state index is 12.6. The van der Waals surface area contributed by atoms with Gasteiger partial charge in [-0.05, 0) is 12.8 Å². The number of hydrogen-bond donors (Lipinski definition) is 0. The van der Waals surface area contributed by atoms with Crippen LogP contribution in [0.2, 0.25) is 0 Å². The van der Waals surface area contributed by atoms with Crippen LogP contribution < -0.4 is 4.90 Å². The summed E-state index contributed by atoms with van der Waals surface area (Å²) in [5.74, 6) is -0.0460. The van der Waals surface area contributed by atoms with Gasteiger partial charge >= 0.3 is 6.18 Å². The van der Waals surface area contributed by atoms with E-state index in [0.29, 0.717) is 12.8 Å². The number of rotatable bonds is 3. The third-order valence-corrected chi connectivity index (χ3v) is 7.76. The Kier molecular flexibility index (Phi) is 4.27. The fourth-order valence-electron chi connectivity index (χ4n) is 2.59. The predicted molar refractivity (Wildman–Crippen MR) is 76.4 cm³/mol. The van der Waals surface area contributed by atoms with Crippen molar-refractivity contribution in [1.29, 1.82) is 0 Å². The maximum Gasteiger partial charge on any atom is 0.434 e. The van der Waals surface area contributed by atoms with Crippen LogP contribution in [0, 0.1) is 0 Å². The van der Waals surface area contributed by atoms with Crippen LogP contribution in [0.25, 0.3) is 0 Å². The number of alkyl halides is 3. The van der Waals surface area contributed by atoms with Gasteiger partial charge < -0.3 is 4.90 Å². The summed E-state index contributed by atoms with van der Waals surface area (Å²) in [6.45, 7) is 3.99. The van der Waals surface area contributed by atoms with Crippen LogP contribution in [-0.2, 0) is 16.0 Å². The summed E-state index contributed by atoms with van der Waals surface area (Å²) in [6, 6.07) is 0. The molecule has 1 saturated heterocycles. The molecule has 0 aromatic carbocycles. The highest BCUT2D eigenvalue weighted by Crippen LogP contribution is 2.37. The fraction of sp³-hybridized carbons (Fsp3) is 0.750. The minimum absolute atomic E-state index is 0.0460. The van der Waals surface area contributed by atoms with Gasteiger partial charge in [-0.3, -0.25) is 0 Å². The topological polar surface area (TPSA) is 50.3 Å². The van der Waals surface area contributed by atoms with E-state index in [-0.39, 0.29) is 24.0 Å². The summed E-state index contributed by atoms with van der Waals surface area (Å²) in [4.78, 5) is 5.27. The molecule has 0 spiro atoms. The molecule has 21 heavy (non-hydrogen) atoms. The van der Waals surface area contributed by atoms with E-state index in [4.69, 9.17) is 0 Å². The number of nitrogens with zero attached hydrogens (tertiary/aromatic N) is 2. The van der Waals surface area contributed by atoms with E-state index in [2.05, 4.69) is 4.98 Å². The van der Waals surface area contributed by atoms with E-state index in [0.717, 1.165) is 16.7 Å². The van der Waals surface area contributed by atoms with Gasteiger partial charge in [-0.1, -0.05) is 13.8 Å². The van der Waals surface area contributed by atoms with Gasteiger partial charge in [-0.15, -0.1) is 11.3 Å². The smallest absolute Gasteiger partial charge is 0.345 e. The van der Waals surface area contributed by atoms with E-state index in [1.165, 1.54) is 0 Å². The molecule has 0 unspecified atom stereocenters. The van der Waals surface area contributed by atoms with E-state index in [1.54, 1.807) is 18.7 Å². The van der Waals surface area contributed by atoms with Gasteiger partial charge in [0, 0.05) is 18.5 Å². The summed E-state index contributed by atoms with van der Waals surface area (Å²) >= 11 is 0.905. The summed E-state index contributed by atoms with van der Waals surface area (Å²) in [5, 5.41) is 1.21. The standard InChI is InChI=1S/C12H17F3N2O2S2/c1-3-11(4-2)8-17(5-6-21(11,18)19)10-16-9(7-20-10)12(13,14)15/h7H,3-6,8H2,1-2H3. The zero-order valence-electron chi connectivity index (χ0n) is 11.8. The highest BCUT2D eigenvalue weighted by molar-refractivity contribution is 7.92. The van der Waals surface area contributed by atoms with Crippen molar-refractivity contribution in [3.05, 3.63) is 11.1 Å². The van der Waals surface area contributed by atoms with Crippen molar-refractivity contribution < 1.29 is 21.6 Å². The highest BCUT2D eigenvalue weighted by atomic mass is 32.2. The van der Waals surface area contributed by atoms with Crippen LogP contribution in [0.1, 0.15) is 32.4 Å². The third kappa shape index (κ3) is 2.90. The summed E-state index contributed by atoms with van der Waals surface area (Å²) in [5.41, 5.74) is -0.922. The first-order valence-corrected chi connectivity index (χ1v) is 9.18. The van der Waals surface area contributed by atoms with Crippen molar-refractivity contribution in [2.45, 2.75) is 37.6 Å². The van der Waals surface area contributed by atoms with Gasteiger partial charge in [0.25, 0.3) is 0 Å². The number of thiazole rings is 1. The van der Waals surface area contributed by atoms with E-state index >= 15 is 0 Å². The predicted octanol–water partition coefficient (Wildman–Crippen LogP) is 2.96. The molecule has 0 N–H and O–H groups in total. The first-order valence-electron chi connectivity index (χ1n) is 6.65. The quantitative estimate of drug-likeness (QED) is 0.847. The van der Waals surface area contributed by atoms with Crippen molar-refractivity contribution >= 4 is 26.3 Å². The van der Waals surface area contributed by atoms with Crippen molar-refractivity contribution in [3.63, 3.8) is 0 Å². The molecule has 0 amide bonds. The molecule has 1 fully saturated rings. The lowest BCUT2D eigenvalue weighted by atomic mass is 10.0. The fourth-order valence-corrected chi connectivity index (χ4v) is 5.57. The largest absolute Gasteiger partial charge is 0.434 e. The summed E-state index contributed by atoms with van der Waals surface area (Å²) in [7, 11) is -3.23. The Morgan fingerprint density at radius 1 is 1.38 bits per heavy atom. The van der Waals surface area contributed by atoms with Gasteiger partial charge in [0.2, 0.25) is 0 Å². The molecule has 2 heterocycles. The van der Waals surface area contributed by atoms with Crippen molar-refractivity contribution in [3.8, 4) is 0 Å². The molecule has 1 aromatic rings. The van der Waals surface area contributed by atoms with Crippen LogP contribution in [-0.4, -0.2) is 37.0 Å². The Morgan fingerprint density at radius 2 is 2.00 bits per heavy atom. The molecule has 4 nitrogen and oxygen atoms in total. The number of sulfone groups is 1. The minimum atomic E-state index is -4.47. The van der Waals surface area contributed by atoms with Crippen LogP contribution >= 0.6 is 11.3 Å². The number of hydrogen-bond acceptors (Lipinski definition) is 5. The summed E-state index contributed by atoms with van der Waals surface area (Å²) < 4.78 is 61.5. The Morgan fingerprint density at radius 3 is 2.48 bits per heavy atom. The molecule has 1 aliphatic heterocycles. The monoisotopic (exact) mass is 342 g/mol. The Hall–Kier alpha value is -0.830. The van der Waals surface area contributed by atoms with E-state index < -0.39 is 26.5 Å². The average molecular weight is 342 g/mol. The molecule has 1 aromatic heterocycles. The number of anilines is 1. The van der Waals surface area contributed by atoms with E-state index in [1.807, 2.05) is 0 Å². The Balaban J connectivity index is 2.29. The lowest BCUT2D eigenvalue weighted by molar-refractivity contribution is -0.140. The molecule has 0 aliphatic carbocycles. The summed E-state index contributed by atoms with van der Waals surface area (Å²) in [6.07, 6.45) is -3.58. The van der Waals surface area contributed by atoms with Crippen molar-refractivity contribution in [2.24, 2.45) is 0 Å². The highest BCUT2D eigenvalue weighted by Gasteiger charge is 2.46. The van der Waals surface area contributed by atoms with Crippen LogP contribution in [0.15, 0.2) is 5.38 Å². The molecule has 0 radical (unpaired) electrons. The molecule has 9 heteroatoms. The van der Waals surface area contributed by atoms with Crippen molar-refractivity contribution in [2.75, 3.05) is 23.7 Å². The Labute approximate surface area is 125 Å². The second-order valence-corrected chi connectivity index (χ2v) is 8.48. The zero-order chi connectivity index (χ0) is 15.9. The molecule has 0 bridgehead atoms. The zero-order valence-corrected chi connectivity index (χ0v) is 13.4. The molecular formula is C12H17F3N2O2S2. The second-order valence-electron chi connectivity index (χ2n) is 5.14. The third-order valence-electron chi connectivity index (χ3n) is 4.11. The van der Waals surface area contributed by atoms with Crippen LogP contribution in [0.4, 0.5) is 18.3 Å². The van der Waals surface area contributed by atoms with Gasteiger partial charge in [-0.2, -0.15) is 13.2 Å². The van der Waals surface area contributed by atoms with Gasteiger partial charge in [0.15, 0.2) is 20.7 Å².